The van der Waals surface area contributed by atoms with E-state index in [9.17, 15) is 9.90 Å². The van der Waals surface area contributed by atoms with E-state index in [1.165, 1.54) is 13.4 Å². The summed E-state index contributed by atoms with van der Waals surface area (Å²) in [6.07, 6.45) is 2.18. The van der Waals surface area contributed by atoms with E-state index < -0.39 is 11.5 Å². The molecule has 0 spiro atoms. The number of rotatable bonds is 8. The van der Waals surface area contributed by atoms with Gasteiger partial charge < -0.3 is 18.8 Å². The Morgan fingerprint density at radius 2 is 1.68 bits per heavy atom. The first-order valence-corrected chi connectivity index (χ1v) is 12.0. The summed E-state index contributed by atoms with van der Waals surface area (Å²) < 4.78 is 12.6. The fourth-order valence-electron chi connectivity index (χ4n) is 4.42. The van der Waals surface area contributed by atoms with E-state index in [-0.39, 0.29) is 17.5 Å². The van der Waals surface area contributed by atoms with Gasteiger partial charge in [-0.1, -0.05) is 67.6 Å². The molecule has 0 fully saturated rings. The van der Waals surface area contributed by atoms with Gasteiger partial charge in [0.1, 0.15) is 11.8 Å². The number of benzene rings is 2. The zero-order chi connectivity index (χ0) is 26.0. The normalized spacial score (nSPS) is 11.6. The summed E-state index contributed by atoms with van der Waals surface area (Å²) in [6.45, 7) is 4.37. The zero-order valence-electron chi connectivity index (χ0n) is 20.8. The first-order valence-electron chi connectivity index (χ1n) is 12.0. The second-order valence-corrected chi connectivity index (χ2v) is 8.46. The number of nitrogens with one attached hydrogen (secondary N) is 1. The van der Waals surface area contributed by atoms with Crippen LogP contribution in [0, 0.1) is 0 Å². The maximum absolute atomic E-state index is 13.2. The number of pyridine rings is 1. The number of imidazole rings is 1. The van der Waals surface area contributed by atoms with Crippen molar-refractivity contribution in [1.82, 2.24) is 19.5 Å². The maximum Gasteiger partial charge on any atom is 0.301 e. The van der Waals surface area contributed by atoms with Gasteiger partial charge in [0, 0.05) is 6.54 Å². The number of oxazole rings is 1. The Labute approximate surface area is 213 Å². The third-order valence-corrected chi connectivity index (χ3v) is 6.30. The van der Waals surface area contributed by atoms with E-state index in [4.69, 9.17) is 14.1 Å². The highest BCUT2D eigenvalue weighted by atomic mass is 16.5. The van der Waals surface area contributed by atoms with Gasteiger partial charge in [0.25, 0.3) is 5.91 Å². The van der Waals surface area contributed by atoms with Crippen LogP contribution in [0.25, 0.3) is 11.2 Å². The molecule has 2 aromatic carbocycles. The topological polar surface area (TPSA) is 115 Å². The van der Waals surface area contributed by atoms with E-state index >= 15 is 0 Å². The predicted octanol–water partition coefficient (Wildman–Crippen LogP) is 4.55. The molecule has 0 unspecified atom stereocenters. The molecule has 0 radical (unpaired) electrons. The number of aliphatic hydroxyl groups is 1. The first-order chi connectivity index (χ1) is 18.0. The Morgan fingerprint density at radius 3 is 2.22 bits per heavy atom. The maximum atomic E-state index is 13.2. The molecular weight excluding hydrogens is 470 g/mol. The summed E-state index contributed by atoms with van der Waals surface area (Å²) in [5.74, 6) is -0.000118. The molecular formula is C28H27N5O4. The Bertz CT molecular complexity index is 1500. The molecule has 5 rings (SSSR count). The number of carbonyl (C=O) groups is 1. The average molecular weight is 498 g/mol. The van der Waals surface area contributed by atoms with Crippen molar-refractivity contribution in [3.8, 4) is 5.88 Å². The number of methoxy groups -OCH3 is 1. The molecule has 0 atom stereocenters. The zero-order valence-corrected chi connectivity index (χ0v) is 20.8. The van der Waals surface area contributed by atoms with E-state index in [1.54, 1.807) is 6.07 Å². The Hall–Kier alpha value is -4.50. The Balaban J connectivity index is 1.68. The molecule has 5 aromatic rings. The number of fused-ring (bicyclic) bond motifs is 1. The molecule has 0 aliphatic rings. The number of aromatic nitrogens is 4. The van der Waals surface area contributed by atoms with Gasteiger partial charge in [-0.2, -0.15) is 9.97 Å². The van der Waals surface area contributed by atoms with Crippen LogP contribution < -0.4 is 10.1 Å². The van der Waals surface area contributed by atoms with Crippen molar-refractivity contribution in [3.05, 3.63) is 101 Å². The second-order valence-electron chi connectivity index (χ2n) is 8.46. The third-order valence-electron chi connectivity index (χ3n) is 6.30. The minimum Gasteiger partial charge on any atom is -0.480 e. The number of nitrogens with zero attached hydrogens (tertiary/aromatic N) is 4. The van der Waals surface area contributed by atoms with Gasteiger partial charge >= 0.3 is 6.01 Å². The van der Waals surface area contributed by atoms with Crippen LogP contribution in [0.3, 0.4) is 0 Å². The highest BCUT2D eigenvalue weighted by molar-refractivity contribution is 6.06. The lowest BCUT2D eigenvalue weighted by Crippen LogP contribution is -2.32. The standard InChI is InChI=1S/C28H27N5O4/c1-4-20-17-37-27(29-20)32-24(34)21-16-22-23(30-25(21)36-3)31-26(33(22)5-2)28(35,18-12-8-6-9-13-18)19-14-10-7-11-15-19/h6-17,35H,4-5H2,1-3H3,(H,29,32,34). The van der Waals surface area contributed by atoms with Gasteiger partial charge in [-0.25, -0.2) is 4.98 Å². The molecule has 2 N–H and O–H groups in total. The Morgan fingerprint density at radius 1 is 1.03 bits per heavy atom. The van der Waals surface area contributed by atoms with Gasteiger partial charge in [-0.05, 0) is 30.5 Å². The monoisotopic (exact) mass is 497 g/mol. The summed E-state index contributed by atoms with van der Waals surface area (Å²) in [5, 5.41) is 15.0. The molecule has 0 saturated carbocycles. The fourth-order valence-corrected chi connectivity index (χ4v) is 4.42. The minimum atomic E-state index is -1.57. The van der Waals surface area contributed by atoms with Crippen molar-refractivity contribution >= 4 is 23.1 Å². The molecule has 9 heteroatoms. The second kappa shape index (κ2) is 9.87. The van der Waals surface area contributed by atoms with Crippen molar-refractivity contribution in [2.24, 2.45) is 0 Å². The lowest BCUT2D eigenvalue weighted by atomic mass is 9.85. The van der Waals surface area contributed by atoms with Crippen molar-refractivity contribution in [1.29, 1.82) is 0 Å². The van der Waals surface area contributed by atoms with Crippen molar-refractivity contribution in [2.45, 2.75) is 32.4 Å². The minimum absolute atomic E-state index is 0.0937. The van der Waals surface area contributed by atoms with Crippen LogP contribution in [0.2, 0.25) is 0 Å². The van der Waals surface area contributed by atoms with Gasteiger partial charge in [0.15, 0.2) is 17.1 Å². The predicted molar refractivity (Wildman–Crippen MR) is 139 cm³/mol. The highest BCUT2D eigenvalue weighted by Crippen LogP contribution is 2.38. The van der Waals surface area contributed by atoms with Crippen LogP contribution in [0.1, 0.15) is 46.9 Å². The van der Waals surface area contributed by atoms with E-state index in [1.807, 2.05) is 79.1 Å². The number of ether oxygens (including phenoxy) is 1. The molecule has 0 aliphatic carbocycles. The lowest BCUT2D eigenvalue weighted by molar-refractivity contribution is 0.102. The molecule has 0 aliphatic heterocycles. The quantitative estimate of drug-likeness (QED) is 0.323. The van der Waals surface area contributed by atoms with Gasteiger partial charge in [0.05, 0.1) is 18.3 Å². The van der Waals surface area contributed by atoms with Crippen LogP contribution in [0.15, 0.2) is 77.4 Å². The number of amides is 1. The van der Waals surface area contributed by atoms with Crippen LogP contribution in [0.4, 0.5) is 6.01 Å². The largest absolute Gasteiger partial charge is 0.480 e. The molecule has 0 saturated heterocycles. The third kappa shape index (κ3) is 4.23. The van der Waals surface area contributed by atoms with Crippen LogP contribution >= 0.6 is 0 Å². The summed E-state index contributed by atoms with van der Waals surface area (Å²) in [6, 6.07) is 20.5. The molecule has 3 heterocycles. The summed E-state index contributed by atoms with van der Waals surface area (Å²) in [5.41, 5.74) is 1.60. The number of carbonyl (C=O) groups excluding carboxylic acids is 1. The van der Waals surface area contributed by atoms with Crippen LogP contribution in [0.5, 0.6) is 5.88 Å². The molecule has 0 bridgehead atoms. The van der Waals surface area contributed by atoms with Gasteiger partial charge in [-0.15, -0.1) is 0 Å². The van der Waals surface area contributed by atoms with E-state index in [0.29, 0.717) is 41.1 Å². The molecule has 1 amide bonds. The molecule has 3 aromatic heterocycles. The van der Waals surface area contributed by atoms with Crippen molar-refractivity contribution in [3.63, 3.8) is 0 Å². The fraction of sp³-hybridized carbons (Fsp3) is 0.214. The van der Waals surface area contributed by atoms with Crippen LogP contribution in [-0.4, -0.2) is 37.6 Å². The van der Waals surface area contributed by atoms with Crippen molar-refractivity contribution < 1.29 is 19.1 Å². The number of anilines is 1. The number of aryl methyl sites for hydroxylation is 2. The van der Waals surface area contributed by atoms with Gasteiger partial charge in [-0.3, -0.25) is 10.1 Å². The summed E-state index contributed by atoms with van der Waals surface area (Å²) in [7, 11) is 1.44. The van der Waals surface area contributed by atoms with Gasteiger partial charge in [0.2, 0.25) is 5.88 Å². The van der Waals surface area contributed by atoms with Crippen LogP contribution in [-0.2, 0) is 18.6 Å². The molecule has 188 valence electrons. The lowest BCUT2D eigenvalue weighted by Gasteiger charge is -2.29. The molecule has 9 nitrogen and oxygen atoms in total. The van der Waals surface area contributed by atoms with E-state index in [0.717, 1.165) is 5.69 Å². The smallest absolute Gasteiger partial charge is 0.301 e. The SMILES string of the molecule is CCc1coc(NC(=O)c2cc3c(nc2OC)nc(C(O)(c2ccccc2)c2ccccc2)n3CC)n1. The van der Waals surface area contributed by atoms with Crippen molar-refractivity contribution in [2.75, 3.05) is 12.4 Å². The number of hydrogen-bond donors (Lipinski definition) is 2. The van der Waals surface area contributed by atoms with E-state index in [2.05, 4.69) is 15.3 Å². The first kappa shape index (κ1) is 24.2. The highest BCUT2D eigenvalue weighted by Gasteiger charge is 2.39. The summed E-state index contributed by atoms with van der Waals surface area (Å²) >= 11 is 0. The summed E-state index contributed by atoms with van der Waals surface area (Å²) in [4.78, 5) is 26.7. The molecule has 37 heavy (non-hydrogen) atoms. The Kier molecular flexibility index (Phi) is 6.45. The average Bonchev–Trinajstić information content (AvgIpc) is 3.56. The number of hydrogen-bond acceptors (Lipinski definition) is 7.